The van der Waals surface area contributed by atoms with E-state index in [9.17, 15) is 0 Å². The Morgan fingerprint density at radius 3 is 2.56 bits per heavy atom. The van der Waals surface area contributed by atoms with Crippen LogP contribution in [0, 0.1) is 3.57 Å². The number of hydrogen-bond acceptors (Lipinski definition) is 1. The van der Waals surface area contributed by atoms with E-state index in [2.05, 4.69) is 51.1 Å². The van der Waals surface area contributed by atoms with Crippen LogP contribution in [-0.4, -0.2) is 0 Å². The summed E-state index contributed by atoms with van der Waals surface area (Å²) < 4.78 is 2.27. The monoisotopic (exact) mass is 314 g/mol. The van der Waals surface area contributed by atoms with E-state index >= 15 is 0 Å². The summed E-state index contributed by atoms with van der Waals surface area (Å²) in [6.45, 7) is 0. The van der Waals surface area contributed by atoms with Crippen molar-refractivity contribution in [1.82, 2.24) is 0 Å². The number of benzene rings is 1. The predicted molar refractivity (Wildman–Crippen MR) is 54.1 cm³/mol. The third-order valence-electron chi connectivity index (χ3n) is 0.931. The van der Waals surface area contributed by atoms with Gasteiger partial charge in [-0.3, -0.25) is 0 Å². The average Bonchev–Trinajstić information content (AvgIpc) is 1.83. The molecule has 0 fully saturated rings. The second-order valence-corrected chi connectivity index (χ2v) is 3.99. The molecule has 0 radical (unpaired) electrons. The molecule has 0 aliphatic carbocycles. The standard InChI is InChI=1S/C6H4BrIS/c7-4-2-1-3-5(9)6(4)8/h1-3,9H. The van der Waals surface area contributed by atoms with Crippen molar-refractivity contribution in [2.45, 2.75) is 4.90 Å². The van der Waals surface area contributed by atoms with Crippen molar-refractivity contribution < 1.29 is 0 Å². The molecule has 0 N–H and O–H groups in total. The van der Waals surface area contributed by atoms with Gasteiger partial charge in [-0.2, -0.15) is 0 Å². The summed E-state index contributed by atoms with van der Waals surface area (Å²) in [6.07, 6.45) is 0. The molecule has 0 aliphatic rings. The lowest BCUT2D eigenvalue weighted by atomic mass is 10.4. The molecule has 0 spiro atoms. The van der Waals surface area contributed by atoms with Crippen molar-refractivity contribution >= 4 is 51.1 Å². The van der Waals surface area contributed by atoms with Crippen molar-refractivity contribution in [3.05, 3.63) is 26.2 Å². The number of hydrogen-bond donors (Lipinski definition) is 1. The second-order valence-electron chi connectivity index (χ2n) is 1.57. The van der Waals surface area contributed by atoms with Gasteiger partial charge < -0.3 is 0 Å². The molecular weight excluding hydrogens is 311 g/mol. The lowest BCUT2D eigenvalue weighted by Gasteiger charge is -1.96. The molecular formula is C6H4BrIS. The van der Waals surface area contributed by atoms with Gasteiger partial charge in [0.2, 0.25) is 0 Å². The van der Waals surface area contributed by atoms with Gasteiger partial charge in [0.25, 0.3) is 0 Å². The van der Waals surface area contributed by atoms with E-state index in [0.717, 1.165) is 9.37 Å². The molecule has 9 heavy (non-hydrogen) atoms. The Morgan fingerprint density at radius 1 is 1.44 bits per heavy atom. The van der Waals surface area contributed by atoms with E-state index in [1.165, 1.54) is 3.57 Å². The van der Waals surface area contributed by atoms with Crippen molar-refractivity contribution in [2.75, 3.05) is 0 Å². The summed E-state index contributed by atoms with van der Waals surface area (Å²) in [5.74, 6) is 0. The Morgan fingerprint density at radius 2 is 2.11 bits per heavy atom. The van der Waals surface area contributed by atoms with E-state index in [1.54, 1.807) is 0 Å². The molecule has 0 atom stereocenters. The summed E-state index contributed by atoms with van der Waals surface area (Å²) >= 11 is 9.87. The van der Waals surface area contributed by atoms with Gasteiger partial charge in [0.1, 0.15) is 0 Å². The summed E-state index contributed by atoms with van der Waals surface area (Å²) in [5, 5.41) is 0. The van der Waals surface area contributed by atoms with Gasteiger partial charge >= 0.3 is 0 Å². The quantitative estimate of drug-likeness (QED) is 0.551. The number of thiol groups is 1. The lowest BCUT2D eigenvalue weighted by molar-refractivity contribution is 1.38. The first-order chi connectivity index (χ1) is 4.22. The van der Waals surface area contributed by atoms with Crippen LogP contribution in [0.1, 0.15) is 0 Å². The maximum Gasteiger partial charge on any atom is 0.0405 e. The van der Waals surface area contributed by atoms with Crippen molar-refractivity contribution in [2.24, 2.45) is 0 Å². The normalized spacial score (nSPS) is 9.67. The zero-order valence-corrected chi connectivity index (χ0v) is 9.07. The van der Waals surface area contributed by atoms with Crippen LogP contribution in [0.15, 0.2) is 27.6 Å². The third kappa shape index (κ3) is 1.85. The van der Waals surface area contributed by atoms with Crippen LogP contribution in [-0.2, 0) is 0 Å². The Bertz CT molecular complexity index is 204. The van der Waals surface area contributed by atoms with Crippen LogP contribution in [0.3, 0.4) is 0 Å². The average molecular weight is 315 g/mol. The van der Waals surface area contributed by atoms with E-state index in [-0.39, 0.29) is 0 Å². The smallest absolute Gasteiger partial charge is 0.0405 e. The molecule has 1 rings (SSSR count). The molecule has 0 bridgehead atoms. The molecule has 48 valence electrons. The maximum absolute atomic E-state index is 4.23. The highest BCUT2D eigenvalue weighted by atomic mass is 127. The first-order valence-corrected chi connectivity index (χ1v) is 4.66. The van der Waals surface area contributed by atoms with Gasteiger partial charge in [-0.1, -0.05) is 6.07 Å². The van der Waals surface area contributed by atoms with Crippen LogP contribution in [0.5, 0.6) is 0 Å². The predicted octanol–water partition coefficient (Wildman–Crippen LogP) is 3.34. The molecule has 0 nitrogen and oxygen atoms in total. The maximum atomic E-state index is 4.23. The molecule has 1 aromatic rings. The van der Waals surface area contributed by atoms with E-state index in [4.69, 9.17) is 0 Å². The third-order valence-corrected chi connectivity index (χ3v) is 4.29. The molecule has 0 heterocycles. The summed E-state index contributed by atoms with van der Waals surface area (Å²) in [7, 11) is 0. The molecule has 3 heteroatoms. The van der Waals surface area contributed by atoms with Gasteiger partial charge in [-0.05, 0) is 50.7 Å². The largest absolute Gasteiger partial charge is 0.142 e. The Hall–Kier alpha value is 0.780. The van der Waals surface area contributed by atoms with Gasteiger partial charge in [-0.15, -0.1) is 12.6 Å². The summed E-state index contributed by atoms with van der Waals surface area (Å²) in [4.78, 5) is 1.02. The van der Waals surface area contributed by atoms with E-state index < -0.39 is 0 Å². The molecule has 0 saturated carbocycles. The van der Waals surface area contributed by atoms with Crippen LogP contribution < -0.4 is 0 Å². The molecule has 0 aromatic heterocycles. The van der Waals surface area contributed by atoms with Crippen molar-refractivity contribution in [1.29, 1.82) is 0 Å². The van der Waals surface area contributed by atoms with E-state index in [1.807, 2.05) is 18.2 Å². The van der Waals surface area contributed by atoms with Crippen LogP contribution in [0.2, 0.25) is 0 Å². The SMILES string of the molecule is Sc1cccc(Br)c1I. The molecule has 1 aromatic carbocycles. The summed E-state index contributed by atoms with van der Waals surface area (Å²) in [5.41, 5.74) is 0. The first kappa shape index (κ1) is 7.88. The Labute approximate surface area is 81.7 Å². The summed E-state index contributed by atoms with van der Waals surface area (Å²) in [6, 6.07) is 5.94. The number of rotatable bonds is 0. The highest BCUT2D eigenvalue weighted by Crippen LogP contribution is 2.24. The molecule has 0 aliphatic heterocycles. The molecule has 0 amide bonds. The highest BCUT2D eigenvalue weighted by molar-refractivity contribution is 14.1. The minimum atomic E-state index is 1.02. The van der Waals surface area contributed by atoms with Gasteiger partial charge in [-0.25, -0.2) is 0 Å². The van der Waals surface area contributed by atoms with Crippen LogP contribution in [0.4, 0.5) is 0 Å². The minimum Gasteiger partial charge on any atom is -0.142 e. The fourth-order valence-corrected chi connectivity index (χ4v) is 1.58. The van der Waals surface area contributed by atoms with Gasteiger partial charge in [0.15, 0.2) is 0 Å². The van der Waals surface area contributed by atoms with Gasteiger partial charge in [0.05, 0.1) is 0 Å². The lowest BCUT2D eigenvalue weighted by Crippen LogP contribution is -1.74. The second kappa shape index (κ2) is 3.25. The molecule has 0 unspecified atom stereocenters. The number of halogens is 2. The minimum absolute atomic E-state index is 1.02. The van der Waals surface area contributed by atoms with Crippen molar-refractivity contribution in [3.63, 3.8) is 0 Å². The van der Waals surface area contributed by atoms with Crippen molar-refractivity contribution in [3.8, 4) is 0 Å². The van der Waals surface area contributed by atoms with Crippen LogP contribution in [0.25, 0.3) is 0 Å². The van der Waals surface area contributed by atoms with Crippen LogP contribution >= 0.6 is 51.1 Å². The zero-order valence-electron chi connectivity index (χ0n) is 4.44. The fourth-order valence-electron chi connectivity index (χ4n) is 0.492. The molecule has 0 saturated heterocycles. The zero-order chi connectivity index (χ0) is 6.85. The Kier molecular flexibility index (Phi) is 2.85. The first-order valence-electron chi connectivity index (χ1n) is 2.35. The topological polar surface area (TPSA) is 0 Å². The fraction of sp³-hybridized carbons (Fsp3) is 0. The van der Waals surface area contributed by atoms with Gasteiger partial charge in [0, 0.05) is 12.9 Å². The van der Waals surface area contributed by atoms with E-state index in [0.29, 0.717) is 0 Å². The highest BCUT2D eigenvalue weighted by Gasteiger charge is 1.96. The Balaban J connectivity index is 3.25.